The van der Waals surface area contributed by atoms with Crippen LogP contribution in [-0.4, -0.2) is 24.1 Å². The Hall–Kier alpha value is -0.610. The molecule has 1 N–H and O–H groups in total. The van der Waals surface area contributed by atoms with Gasteiger partial charge in [0, 0.05) is 35.4 Å². The summed E-state index contributed by atoms with van der Waals surface area (Å²) in [7, 11) is 0. The molecule has 0 aromatic carbocycles. The quantitative estimate of drug-likeness (QED) is 0.767. The highest BCUT2D eigenvalue weighted by Gasteiger charge is 2.35. The maximum atomic E-state index is 4.76. The van der Waals surface area contributed by atoms with Crippen molar-refractivity contribution in [3.63, 3.8) is 0 Å². The first kappa shape index (κ1) is 15.3. The van der Waals surface area contributed by atoms with E-state index in [9.17, 15) is 0 Å². The maximum absolute atomic E-state index is 4.76. The molecule has 0 aliphatic heterocycles. The molecule has 2 aliphatic rings. The molecule has 4 heteroatoms. The van der Waals surface area contributed by atoms with Gasteiger partial charge in [-0.2, -0.15) is 0 Å². The average molecular weight is 352 g/mol. The number of hydrogen-bond acceptors (Lipinski definition) is 3. The van der Waals surface area contributed by atoms with Gasteiger partial charge in [0.2, 0.25) is 0 Å². The van der Waals surface area contributed by atoms with Gasteiger partial charge in [-0.25, -0.2) is 4.98 Å². The minimum absolute atomic E-state index is 0.680. The van der Waals surface area contributed by atoms with Gasteiger partial charge in [0.25, 0.3) is 0 Å². The first-order chi connectivity index (χ1) is 10.1. The van der Waals surface area contributed by atoms with E-state index in [4.69, 9.17) is 4.98 Å². The largest absolute Gasteiger partial charge is 0.353 e. The molecule has 0 saturated heterocycles. The fourth-order valence-electron chi connectivity index (χ4n) is 2.73. The Bertz CT molecular complexity index is 481. The molecule has 2 fully saturated rings. The molecule has 0 bridgehead atoms. The van der Waals surface area contributed by atoms with Crippen LogP contribution in [0.1, 0.15) is 45.1 Å². The number of aromatic nitrogens is 1. The molecular formula is C17H26BrN3. The Morgan fingerprint density at radius 1 is 1.33 bits per heavy atom. The van der Waals surface area contributed by atoms with E-state index < -0.39 is 0 Å². The van der Waals surface area contributed by atoms with Crippen molar-refractivity contribution >= 4 is 21.7 Å². The Labute approximate surface area is 136 Å². The van der Waals surface area contributed by atoms with Crippen LogP contribution in [0.25, 0.3) is 0 Å². The summed E-state index contributed by atoms with van der Waals surface area (Å²) in [6.45, 7) is 7.66. The number of nitrogens with one attached hydrogen (secondary N) is 1. The summed E-state index contributed by atoms with van der Waals surface area (Å²) in [4.78, 5) is 7.34. The fourth-order valence-corrected chi connectivity index (χ4v) is 3.11. The lowest BCUT2D eigenvalue weighted by molar-refractivity contribution is 0.550. The minimum atomic E-state index is 0.680. The van der Waals surface area contributed by atoms with E-state index >= 15 is 0 Å². The van der Waals surface area contributed by atoms with Gasteiger partial charge in [-0.3, -0.25) is 0 Å². The molecule has 21 heavy (non-hydrogen) atoms. The van der Waals surface area contributed by atoms with E-state index in [1.54, 1.807) is 0 Å². The van der Waals surface area contributed by atoms with Crippen LogP contribution < -0.4 is 10.2 Å². The topological polar surface area (TPSA) is 28.2 Å². The van der Waals surface area contributed by atoms with Gasteiger partial charge >= 0.3 is 0 Å². The van der Waals surface area contributed by atoms with Gasteiger partial charge in [-0.15, -0.1) is 0 Å². The molecule has 0 spiro atoms. The molecule has 1 aromatic heterocycles. The lowest BCUT2D eigenvalue weighted by Crippen LogP contribution is -2.31. The van der Waals surface area contributed by atoms with Crippen LogP contribution in [-0.2, 0) is 6.54 Å². The maximum Gasteiger partial charge on any atom is 0.133 e. The normalized spacial score (nSPS) is 18.3. The van der Waals surface area contributed by atoms with E-state index in [-0.39, 0.29) is 0 Å². The second-order valence-electron chi connectivity index (χ2n) is 6.99. The summed E-state index contributed by atoms with van der Waals surface area (Å²) in [6.07, 6.45) is 7.43. The third kappa shape index (κ3) is 4.43. The van der Waals surface area contributed by atoms with Crippen molar-refractivity contribution in [2.75, 3.05) is 18.0 Å². The van der Waals surface area contributed by atoms with Crippen LogP contribution in [0.4, 0.5) is 5.82 Å². The number of rotatable bonds is 8. The monoisotopic (exact) mass is 351 g/mol. The molecular weight excluding hydrogens is 326 g/mol. The molecule has 3 nitrogen and oxygen atoms in total. The number of halogens is 1. The van der Waals surface area contributed by atoms with Gasteiger partial charge in [0.1, 0.15) is 5.82 Å². The van der Waals surface area contributed by atoms with Gasteiger partial charge in [0.05, 0.1) is 0 Å². The molecule has 1 aromatic rings. The van der Waals surface area contributed by atoms with Crippen LogP contribution in [0.3, 0.4) is 0 Å². The average Bonchev–Trinajstić information content (AvgIpc) is 3.30. The Balaban J connectivity index is 1.74. The second kappa shape index (κ2) is 6.66. The van der Waals surface area contributed by atoms with Gasteiger partial charge in [-0.1, -0.05) is 13.8 Å². The summed E-state index contributed by atoms with van der Waals surface area (Å²) in [5, 5.41) is 3.56. The number of hydrogen-bond donors (Lipinski definition) is 1. The third-order valence-electron chi connectivity index (χ3n) is 4.19. The minimum Gasteiger partial charge on any atom is -0.353 e. The van der Waals surface area contributed by atoms with Crippen LogP contribution >= 0.6 is 15.9 Å². The first-order valence-corrected chi connectivity index (χ1v) is 9.04. The van der Waals surface area contributed by atoms with Crippen molar-refractivity contribution in [1.29, 1.82) is 0 Å². The van der Waals surface area contributed by atoms with Crippen molar-refractivity contribution in [2.24, 2.45) is 11.8 Å². The molecule has 116 valence electrons. The zero-order chi connectivity index (χ0) is 14.8. The van der Waals surface area contributed by atoms with E-state index in [1.807, 2.05) is 6.20 Å². The predicted molar refractivity (Wildman–Crippen MR) is 91.6 cm³/mol. The highest BCUT2D eigenvalue weighted by molar-refractivity contribution is 9.10. The Morgan fingerprint density at radius 2 is 2.10 bits per heavy atom. The highest BCUT2D eigenvalue weighted by Crippen LogP contribution is 2.38. The molecule has 2 saturated carbocycles. The van der Waals surface area contributed by atoms with E-state index in [0.29, 0.717) is 5.92 Å². The van der Waals surface area contributed by atoms with Crippen LogP contribution in [0, 0.1) is 11.8 Å². The van der Waals surface area contributed by atoms with Crippen molar-refractivity contribution in [2.45, 2.75) is 52.1 Å². The smallest absolute Gasteiger partial charge is 0.133 e. The van der Waals surface area contributed by atoms with Crippen molar-refractivity contribution in [3.8, 4) is 0 Å². The van der Waals surface area contributed by atoms with Crippen LogP contribution in [0.2, 0.25) is 0 Å². The first-order valence-electron chi connectivity index (χ1n) is 8.25. The van der Waals surface area contributed by atoms with Gasteiger partial charge in [-0.05, 0) is 66.1 Å². The molecule has 1 heterocycles. The van der Waals surface area contributed by atoms with Crippen molar-refractivity contribution in [1.82, 2.24) is 10.3 Å². The van der Waals surface area contributed by atoms with Gasteiger partial charge < -0.3 is 10.2 Å². The van der Waals surface area contributed by atoms with E-state index in [2.05, 4.69) is 46.1 Å². The number of pyridine rings is 1. The zero-order valence-corrected chi connectivity index (χ0v) is 14.7. The summed E-state index contributed by atoms with van der Waals surface area (Å²) < 4.78 is 1.08. The lowest BCUT2D eigenvalue weighted by atomic mass is 10.2. The SMILES string of the molecule is CC(C)CNCc1cc(Br)cnc1N(CC1CC1)C1CC1. The standard InChI is InChI=1S/C17H26BrN3/c1-12(2)8-19-9-14-7-15(18)10-20-17(14)21(16-5-6-16)11-13-3-4-13/h7,10,12-13,16,19H,3-6,8-9,11H2,1-2H3. The molecule has 2 aliphatic carbocycles. The zero-order valence-electron chi connectivity index (χ0n) is 13.1. The Morgan fingerprint density at radius 3 is 2.71 bits per heavy atom. The van der Waals surface area contributed by atoms with Crippen molar-refractivity contribution in [3.05, 3.63) is 22.3 Å². The summed E-state index contributed by atoms with van der Waals surface area (Å²) >= 11 is 3.57. The summed E-state index contributed by atoms with van der Waals surface area (Å²) in [5.74, 6) is 2.80. The molecule has 0 unspecified atom stereocenters. The van der Waals surface area contributed by atoms with Crippen LogP contribution in [0.5, 0.6) is 0 Å². The molecule has 0 radical (unpaired) electrons. The van der Waals surface area contributed by atoms with Crippen molar-refractivity contribution < 1.29 is 0 Å². The molecule has 0 atom stereocenters. The summed E-state index contributed by atoms with van der Waals surface area (Å²) in [5.41, 5.74) is 1.33. The summed E-state index contributed by atoms with van der Waals surface area (Å²) in [6, 6.07) is 2.97. The third-order valence-corrected chi connectivity index (χ3v) is 4.62. The second-order valence-corrected chi connectivity index (χ2v) is 7.90. The highest BCUT2D eigenvalue weighted by atomic mass is 79.9. The van der Waals surface area contributed by atoms with E-state index in [0.717, 1.165) is 29.5 Å². The predicted octanol–water partition coefficient (Wildman–Crippen LogP) is 3.97. The fraction of sp³-hybridized carbons (Fsp3) is 0.706. The molecule has 0 amide bonds. The number of nitrogens with zero attached hydrogens (tertiary/aromatic N) is 2. The van der Waals surface area contributed by atoms with E-state index in [1.165, 1.54) is 43.6 Å². The molecule has 3 rings (SSSR count). The van der Waals surface area contributed by atoms with Gasteiger partial charge in [0.15, 0.2) is 0 Å². The van der Waals surface area contributed by atoms with Crippen LogP contribution in [0.15, 0.2) is 16.7 Å². The number of anilines is 1. The lowest BCUT2D eigenvalue weighted by Gasteiger charge is -2.26. The Kier molecular flexibility index (Phi) is 4.85.